The van der Waals surface area contributed by atoms with Gasteiger partial charge in [-0.2, -0.15) is 9.78 Å². The van der Waals surface area contributed by atoms with Crippen molar-refractivity contribution in [3.8, 4) is 5.69 Å². The van der Waals surface area contributed by atoms with Crippen molar-refractivity contribution >= 4 is 54.8 Å². The molecule has 3 rings (SSSR count). The fourth-order valence-electron chi connectivity index (χ4n) is 2.11. The van der Waals surface area contributed by atoms with Crippen LogP contribution in [0.3, 0.4) is 0 Å². The van der Waals surface area contributed by atoms with Crippen LogP contribution in [-0.4, -0.2) is 18.2 Å². The van der Waals surface area contributed by atoms with Gasteiger partial charge in [0.25, 0.3) is 15.6 Å². The number of nitrogens with zero attached hydrogens (tertiary/aromatic N) is 2. The maximum absolute atomic E-state index is 12.5. The van der Waals surface area contributed by atoms with Gasteiger partial charge in [0.05, 0.1) is 27.5 Å². The van der Waals surface area contributed by atoms with Crippen LogP contribution in [0.1, 0.15) is 0 Å². The van der Waals surface area contributed by atoms with Gasteiger partial charge in [0.15, 0.2) is 0 Å². The number of benzene rings is 2. The van der Waals surface area contributed by atoms with Gasteiger partial charge in [-0.3, -0.25) is 9.52 Å². The van der Waals surface area contributed by atoms with Crippen LogP contribution in [0, 0.1) is 0 Å². The molecule has 0 aliphatic rings. The van der Waals surface area contributed by atoms with E-state index in [0.717, 1.165) is 4.68 Å². The number of anilines is 1. The highest BCUT2D eigenvalue weighted by molar-refractivity contribution is 9.10. The number of aromatic nitrogens is 2. The SMILES string of the molecule is O=c1c(Cl)c(Cl)cnn1-c1ccc(S(=O)(=O)Nc2ccccc2Br)cc1. The Bertz CT molecular complexity index is 1130. The predicted molar refractivity (Wildman–Crippen MR) is 105 cm³/mol. The number of hydrogen-bond donors (Lipinski definition) is 1. The average Bonchev–Trinajstić information content (AvgIpc) is 2.62. The molecule has 3 aromatic rings. The van der Waals surface area contributed by atoms with Crippen molar-refractivity contribution in [2.45, 2.75) is 4.90 Å². The van der Waals surface area contributed by atoms with Crippen molar-refractivity contribution in [3.63, 3.8) is 0 Å². The van der Waals surface area contributed by atoms with E-state index in [1.807, 2.05) is 0 Å². The van der Waals surface area contributed by atoms with Gasteiger partial charge in [0, 0.05) is 4.47 Å². The van der Waals surface area contributed by atoms with E-state index in [9.17, 15) is 13.2 Å². The minimum atomic E-state index is -3.79. The van der Waals surface area contributed by atoms with E-state index in [2.05, 4.69) is 25.8 Å². The van der Waals surface area contributed by atoms with Gasteiger partial charge in [-0.15, -0.1) is 0 Å². The first kappa shape index (κ1) is 18.9. The van der Waals surface area contributed by atoms with Crippen molar-refractivity contribution < 1.29 is 8.42 Å². The molecule has 0 saturated heterocycles. The average molecular weight is 475 g/mol. The summed E-state index contributed by atoms with van der Waals surface area (Å²) >= 11 is 14.9. The Morgan fingerprint density at radius 3 is 2.35 bits per heavy atom. The number of nitrogens with one attached hydrogen (secondary N) is 1. The lowest BCUT2D eigenvalue weighted by Gasteiger charge is -2.10. The third kappa shape index (κ3) is 3.78. The van der Waals surface area contributed by atoms with Crippen molar-refractivity contribution in [2.75, 3.05) is 4.72 Å². The van der Waals surface area contributed by atoms with E-state index >= 15 is 0 Å². The van der Waals surface area contributed by atoms with Crippen LogP contribution >= 0.6 is 39.1 Å². The minimum Gasteiger partial charge on any atom is -0.278 e. The van der Waals surface area contributed by atoms with Crippen LogP contribution in [0.5, 0.6) is 0 Å². The lowest BCUT2D eigenvalue weighted by Crippen LogP contribution is -2.21. The van der Waals surface area contributed by atoms with E-state index in [0.29, 0.717) is 15.8 Å². The highest BCUT2D eigenvalue weighted by atomic mass is 79.9. The molecule has 1 N–H and O–H groups in total. The molecule has 10 heteroatoms. The Labute approximate surface area is 167 Å². The van der Waals surface area contributed by atoms with Gasteiger partial charge in [-0.25, -0.2) is 8.42 Å². The number of rotatable bonds is 4. The fourth-order valence-corrected chi connectivity index (χ4v) is 3.96. The monoisotopic (exact) mass is 473 g/mol. The summed E-state index contributed by atoms with van der Waals surface area (Å²) in [5.41, 5.74) is 0.175. The van der Waals surface area contributed by atoms with Crippen LogP contribution in [0.15, 0.2) is 68.9 Å². The van der Waals surface area contributed by atoms with E-state index < -0.39 is 15.6 Å². The van der Waals surface area contributed by atoms with Gasteiger partial charge >= 0.3 is 0 Å². The second-order valence-corrected chi connectivity index (χ2v) is 8.42. The van der Waals surface area contributed by atoms with Gasteiger partial charge in [0.1, 0.15) is 5.02 Å². The molecule has 0 aliphatic heterocycles. The number of hydrogen-bond acceptors (Lipinski definition) is 4. The third-order valence-corrected chi connectivity index (χ3v) is 6.21. The zero-order chi connectivity index (χ0) is 18.9. The normalized spacial score (nSPS) is 11.3. The Morgan fingerprint density at radius 2 is 1.69 bits per heavy atom. The smallest absolute Gasteiger partial charge is 0.278 e. The zero-order valence-corrected chi connectivity index (χ0v) is 16.8. The van der Waals surface area contributed by atoms with Crippen molar-refractivity contribution in [1.29, 1.82) is 0 Å². The van der Waals surface area contributed by atoms with Crippen molar-refractivity contribution in [1.82, 2.24) is 9.78 Å². The maximum atomic E-state index is 12.5. The fraction of sp³-hybridized carbons (Fsp3) is 0. The van der Waals surface area contributed by atoms with Crippen LogP contribution in [0.2, 0.25) is 10.0 Å². The molecule has 0 unspecified atom stereocenters. The molecule has 0 fully saturated rings. The predicted octanol–water partition coefficient (Wildman–Crippen LogP) is 4.10. The first-order chi connectivity index (χ1) is 12.3. The van der Waals surface area contributed by atoms with E-state index in [-0.39, 0.29) is 14.9 Å². The molecular formula is C16H10BrCl2N3O3S. The number of para-hydroxylation sites is 1. The van der Waals surface area contributed by atoms with E-state index in [1.165, 1.54) is 30.5 Å². The molecule has 0 spiro atoms. The van der Waals surface area contributed by atoms with Gasteiger partial charge < -0.3 is 0 Å². The quantitative estimate of drug-likeness (QED) is 0.617. The Balaban J connectivity index is 1.94. The molecule has 1 heterocycles. The molecule has 0 radical (unpaired) electrons. The van der Waals surface area contributed by atoms with E-state index in [4.69, 9.17) is 23.2 Å². The Morgan fingerprint density at radius 1 is 1.04 bits per heavy atom. The molecule has 1 aromatic heterocycles. The zero-order valence-electron chi connectivity index (χ0n) is 12.9. The summed E-state index contributed by atoms with van der Waals surface area (Å²) in [6, 6.07) is 12.5. The Kier molecular flexibility index (Phi) is 5.38. The first-order valence-electron chi connectivity index (χ1n) is 7.11. The maximum Gasteiger partial charge on any atom is 0.291 e. The lowest BCUT2D eigenvalue weighted by molar-refractivity contribution is 0.601. The number of halogens is 3. The first-order valence-corrected chi connectivity index (χ1v) is 10.1. The standard InChI is InChI=1S/C16H10BrCl2N3O3S/c17-12-3-1-2-4-14(12)21-26(24,25)11-7-5-10(6-8-11)22-16(23)15(19)13(18)9-20-22/h1-9,21H. The Hall–Kier alpha value is -1.87. The van der Waals surface area contributed by atoms with E-state index in [1.54, 1.807) is 24.3 Å². The second-order valence-electron chi connectivity index (χ2n) is 5.10. The minimum absolute atomic E-state index is 0.0325. The molecule has 134 valence electrons. The second kappa shape index (κ2) is 7.40. The van der Waals surface area contributed by atoms with Crippen LogP contribution < -0.4 is 10.3 Å². The summed E-state index contributed by atoms with van der Waals surface area (Å²) in [5, 5.41) is 3.78. The van der Waals surface area contributed by atoms with Crippen LogP contribution in [0.25, 0.3) is 5.69 Å². The van der Waals surface area contributed by atoms with Crippen LogP contribution in [-0.2, 0) is 10.0 Å². The highest BCUT2D eigenvalue weighted by Gasteiger charge is 2.16. The third-order valence-electron chi connectivity index (χ3n) is 3.39. The lowest BCUT2D eigenvalue weighted by atomic mass is 10.3. The topological polar surface area (TPSA) is 81.1 Å². The molecule has 2 aromatic carbocycles. The molecule has 0 atom stereocenters. The molecule has 0 bridgehead atoms. The number of sulfonamides is 1. The molecular weight excluding hydrogens is 465 g/mol. The van der Waals surface area contributed by atoms with Gasteiger partial charge in [0.2, 0.25) is 0 Å². The highest BCUT2D eigenvalue weighted by Crippen LogP contribution is 2.25. The molecule has 6 nitrogen and oxygen atoms in total. The summed E-state index contributed by atoms with van der Waals surface area (Å²) < 4.78 is 29.2. The largest absolute Gasteiger partial charge is 0.291 e. The summed E-state index contributed by atoms with van der Waals surface area (Å²) in [6.07, 6.45) is 1.24. The molecule has 26 heavy (non-hydrogen) atoms. The molecule has 0 aliphatic carbocycles. The van der Waals surface area contributed by atoms with Crippen molar-refractivity contribution in [2.24, 2.45) is 0 Å². The molecule has 0 amide bonds. The van der Waals surface area contributed by atoms with Crippen LogP contribution in [0.4, 0.5) is 5.69 Å². The summed E-state index contributed by atoms with van der Waals surface area (Å²) in [5.74, 6) is 0. The summed E-state index contributed by atoms with van der Waals surface area (Å²) in [4.78, 5) is 12.1. The molecule has 0 saturated carbocycles. The van der Waals surface area contributed by atoms with Gasteiger partial charge in [-0.1, -0.05) is 35.3 Å². The van der Waals surface area contributed by atoms with Crippen molar-refractivity contribution in [3.05, 3.63) is 79.6 Å². The summed E-state index contributed by atoms with van der Waals surface area (Å²) in [7, 11) is -3.79. The summed E-state index contributed by atoms with van der Waals surface area (Å²) in [6.45, 7) is 0. The van der Waals surface area contributed by atoms with Gasteiger partial charge in [-0.05, 0) is 52.3 Å².